The number of piperidine rings is 1. The van der Waals surface area contributed by atoms with Crippen LogP contribution in [0.15, 0.2) is 23.8 Å². The number of likely N-dealkylation sites (tertiary alicyclic amines) is 1. The zero-order chi connectivity index (χ0) is 19.2. The van der Waals surface area contributed by atoms with Crippen molar-refractivity contribution in [2.24, 2.45) is 5.92 Å². The molecule has 7 heteroatoms. The molecule has 2 saturated heterocycles. The van der Waals surface area contributed by atoms with Crippen LogP contribution in [0.4, 0.5) is 13.2 Å². The molecule has 0 saturated carbocycles. The molecule has 0 aromatic carbocycles. The van der Waals surface area contributed by atoms with E-state index in [1.165, 1.54) is 5.57 Å². The summed E-state index contributed by atoms with van der Waals surface area (Å²) < 4.78 is 50.5. The highest BCUT2D eigenvalue weighted by atomic mass is 19.4. The van der Waals surface area contributed by atoms with Gasteiger partial charge in [0, 0.05) is 12.4 Å². The van der Waals surface area contributed by atoms with Crippen LogP contribution in [-0.4, -0.2) is 49.0 Å². The summed E-state index contributed by atoms with van der Waals surface area (Å²) in [5.74, 6) is -0.960. The first-order valence-electron chi connectivity index (χ1n) is 9.50. The molecular weight excluding hydrogens is 342 g/mol. The van der Waals surface area contributed by atoms with E-state index in [1.807, 2.05) is 27.7 Å². The van der Waals surface area contributed by atoms with E-state index in [2.05, 4.69) is 23.1 Å². The topological polar surface area (TPSA) is 21.7 Å². The molecule has 0 radical (unpaired) electrons. The van der Waals surface area contributed by atoms with Crippen molar-refractivity contribution in [2.45, 2.75) is 70.2 Å². The lowest BCUT2D eigenvalue weighted by atomic mass is 9.68. The smallest absolute Gasteiger partial charge is 0.403 e. The number of nitrogens with zero attached hydrogens (tertiary/aromatic N) is 1. The van der Waals surface area contributed by atoms with Gasteiger partial charge in [0.2, 0.25) is 0 Å². The van der Waals surface area contributed by atoms with E-state index in [1.54, 1.807) is 0 Å². The Kier molecular flexibility index (Phi) is 5.37. The molecule has 0 N–H and O–H groups in total. The van der Waals surface area contributed by atoms with E-state index in [0.717, 1.165) is 13.0 Å². The fraction of sp³-hybridized carbons (Fsp3) is 0.789. The summed E-state index contributed by atoms with van der Waals surface area (Å²) in [7, 11) is -0.253. The molecule has 1 atom stereocenters. The van der Waals surface area contributed by atoms with Crippen LogP contribution in [-0.2, 0) is 9.31 Å². The third-order valence-corrected chi connectivity index (χ3v) is 6.29. The number of hydrogen-bond acceptors (Lipinski definition) is 3. The Morgan fingerprint density at radius 1 is 1.12 bits per heavy atom. The lowest BCUT2D eigenvalue weighted by Gasteiger charge is -2.33. The van der Waals surface area contributed by atoms with Crippen molar-refractivity contribution < 1.29 is 22.5 Å². The predicted octanol–water partition coefficient (Wildman–Crippen LogP) is 4.61. The minimum Gasteiger partial charge on any atom is -0.403 e. The second-order valence-electron chi connectivity index (χ2n) is 8.75. The first-order valence-corrected chi connectivity index (χ1v) is 9.50. The molecule has 0 bridgehead atoms. The van der Waals surface area contributed by atoms with Crippen LogP contribution in [0.25, 0.3) is 0 Å². The monoisotopic (exact) mass is 371 g/mol. The summed E-state index contributed by atoms with van der Waals surface area (Å²) in [6.45, 7) is 9.93. The van der Waals surface area contributed by atoms with Crippen LogP contribution < -0.4 is 0 Å². The van der Waals surface area contributed by atoms with Crippen molar-refractivity contribution in [2.75, 3.05) is 19.6 Å². The van der Waals surface area contributed by atoms with Crippen molar-refractivity contribution in [3.8, 4) is 0 Å². The van der Waals surface area contributed by atoms with Gasteiger partial charge in [-0.15, -0.1) is 0 Å². The second-order valence-corrected chi connectivity index (χ2v) is 8.75. The summed E-state index contributed by atoms with van der Waals surface area (Å²) in [4.78, 5) is 2.12. The van der Waals surface area contributed by atoms with Gasteiger partial charge < -0.3 is 9.31 Å². The fourth-order valence-electron chi connectivity index (χ4n) is 3.74. The lowest BCUT2D eigenvalue weighted by molar-refractivity contribution is -0.184. The first kappa shape index (κ1) is 20.0. The highest BCUT2D eigenvalue weighted by Gasteiger charge is 2.53. The molecule has 3 aliphatic rings. The number of alkyl halides is 3. The van der Waals surface area contributed by atoms with Gasteiger partial charge in [0.05, 0.1) is 17.1 Å². The molecule has 26 heavy (non-hydrogen) atoms. The Labute approximate surface area is 154 Å². The maximum atomic E-state index is 12.8. The first-order chi connectivity index (χ1) is 12.0. The Morgan fingerprint density at radius 2 is 1.69 bits per heavy atom. The molecule has 2 heterocycles. The van der Waals surface area contributed by atoms with E-state index >= 15 is 0 Å². The van der Waals surface area contributed by atoms with Crippen molar-refractivity contribution in [1.82, 2.24) is 4.90 Å². The van der Waals surface area contributed by atoms with Crippen LogP contribution in [0.5, 0.6) is 0 Å². The third kappa shape index (κ3) is 4.20. The molecular formula is C19H29BF3NO2. The Bertz CT molecular complexity index is 562. The van der Waals surface area contributed by atoms with Gasteiger partial charge >= 0.3 is 13.3 Å². The molecule has 3 nitrogen and oxygen atoms in total. The van der Waals surface area contributed by atoms with Crippen LogP contribution in [0.1, 0.15) is 47.0 Å². The largest absolute Gasteiger partial charge is 0.465 e. The quantitative estimate of drug-likeness (QED) is 0.677. The Hall–Kier alpha value is -0.785. The average Bonchev–Trinajstić information content (AvgIpc) is 2.76. The van der Waals surface area contributed by atoms with Crippen molar-refractivity contribution in [3.05, 3.63) is 23.8 Å². The molecule has 2 fully saturated rings. The highest BCUT2D eigenvalue weighted by molar-refractivity contribution is 6.48. The van der Waals surface area contributed by atoms with Gasteiger partial charge in [-0.3, -0.25) is 4.90 Å². The standard InChI is InChI=1S/C19H29BF3NO2/c1-17(2)18(3,4)26-20(25-17)16-7-5-14(6-8-16)13-24-11-9-15(10-12-24)19(21,22)23/h5-7,15-16H,8-13H2,1-4H3. The number of hydrogen-bond donors (Lipinski definition) is 0. The van der Waals surface area contributed by atoms with Crippen LogP contribution in [0.2, 0.25) is 5.82 Å². The lowest BCUT2D eigenvalue weighted by Crippen LogP contribution is -2.41. The van der Waals surface area contributed by atoms with Crippen molar-refractivity contribution in [3.63, 3.8) is 0 Å². The van der Waals surface area contributed by atoms with Gasteiger partial charge in [0.1, 0.15) is 0 Å². The van der Waals surface area contributed by atoms with E-state index in [4.69, 9.17) is 9.31 Å². The summed E-state index contributed by atoms with van der Waals surface area (Å²) in [5.41, 5.74) is 0.500. The minimum atomic E-state index is -4.05. The van der Waals surface area contributed by atoms with Crippen LogP contribution in [0, 0.1) is 5.92 Å². The molecule has 2 aliphatic heterocycles. The Morgan fingerprint density at radius 3 is 2.15 bits per heavy atom. The zero-order valence-corrected chi connectivity index (χ0v) is 16.1. The van der Waals surface area contributed by atoms with Crippen LogP contribution in [0.3, 0.4) is 0 Å². The molecule has 0 aromatic rings. The second kappa shape index (κ2) is 6.99. The average molecular weight is 371 g/mol. The van der Waals surface area contributed by atoms with Gasteiger partial charge in [-0.1, -0.05) is 18.2 Å². The maximum absolute atomic E-state index is 12.8. The molecule has 0 aromatic heterocycles. The number of halogens is 3. The maximum Gasteiger partial charge on any atom is 0.465 e. The van der Waals surface area contributed by atoms with Gasteiger partial charge in [-0.2, -0.15) is 13.2 Å². The summed E-state index contributed by atoms with van der Waals surface area (Å²) >= 11 is 0. The van der Waals surface area contributed by atoms with Gasteiger partial charge in [-0.25, -0.2) is 0 Å². The van der Waals surface area contributed by atoms with Crippen molar-refractivity contribution in [1.29, 1.82) is 0 Å². The van der Waals surface area contributed by atoms with E-state index in [0.29, 0.717) is 13.1 Å². The SMILES string of the molecule is CC1(C)OB(C2C=CC(CN3CCC(C(F)(F)F)CC3)=CC2)OC1(C)C. The van der Waals surface area contributed by atoms with Crippen molar-refractivity contribution >= 4 is 7.12 Å². The molecule has 0 amide bonds. The minimum absolute atomic E-state index is 0.177. The Balaban J connectivity index is 1.49. The summed E-state index contributed by atoms with van der Waals surface area (Å²) in [6.07, 6.45) is 3.57. The molecule has 1 aliphatic carbocycles. The van der Waals surface area contributed by atoms with Gasteiger partial charge in [0.15, 0.2) is 0 Å². The van der Waals surface area contributed by atoms with Gasteiger partial charge in [-0.05, 0) is 65.6 Å². The van der Waals surface area contributed by atoms with E-state index < -0.39 is 12.1 Å². The molecule has 1 unspecified atom stereocenters. The van der Waals surface area contributed by atoms with E-state index in [9.17, 15) is 13.2 Å². The van der Waals surface area contributed by atoms with Crippen LogP contribution >= 0.6 is 0 Å². The predicted molar refractivity (Wildman–Crippen MR) is 96.9 cm³/mol. The normalized spacial score (nSPS) is 29.9. The highest BCUT2D eigenvalue weighted by Crippen LogP contribution is 2.42. The molecule has 3 rings (SSSR count). The third-order valence-electron chi connectivity index (χ3n) is 6.29. The van der Waals surface area contributed by atoms with Gasteiger partial charge in [0.25, 0.3) is 0 Å². The summed E-state index contributed by atoms with van der Waals surface area (Å²) in [6, 6.07) is 0. The van der Waals surface area contributed by atoms with E-state index in [-0.39, 0.29) is 37.0 Å². The zero-order valence-electron chi connectivity index (χ0n) is 16.1. The summed E-state index contributed by atoms with van der Waals surface area (Å²) in [5, 5.41) is 0. The fourth-order valence-corrected chi connectivity index (χ4v) is 3.74. The molecule has 0 spiro atoms. The number of allylic oxidation sites excluding steroid dienone is 2. The number of rotatable bonds is 3. The molecule has 146 valence electrons.